The molecule has 0 bridgehead atoms. The van der Waals surface area contributed by atoms with Crippen molar-refractivity contribution in [3.8, 4) is 5.75 Å². The fourth-order valence-electron chi connectivity index (χ4n) is 1.64. The number of hydrogen-bond donors (Lipinski definition) is 1. The Balaban J connectivity index is 1.87. The number of carbonyl (C=O) groups is 1. The lowest BCUT2D eigenvalue weighted by atomic mass is 10.2. The molecule has 2 aromatic carbocycles. The minimum atomic E-state index is -0.616. The van der Waals surface area contributed by atoms with Gasteiger partial charge in [0.2, 0.25) is 0 Å². The molecule has 9 heteroatoms. The summed E-state index contributed by atoms with van der Waals surface area (Å²) in [5.74, 6) is -0.614. The molecule has 0 saturated carbocycles. The van der Waals surface area contributed by atoms with Crippen LogP contribution in [0.1, 0.15) is 5.56 Å². The van der Waals surface area contributed by atoms with E-state index in [1.807, 2.05) is 0 Å². The largest absolute Gasteiger partial charge is 0.484 e. The second-order valence-corrected chi connectivity index (χ2v) is 4.91. The number of hydrogen-bond acceptors (Lipinski definition) is 5. The lowest BCUT2D eigenvalue weighted by Gasteiger charge is -2.04. The summed E-state index contributed by atoms with van der Waals surface area (Å²) in [7, 11) is 0. The van der Waals surface area contributed by atoms with Crippen LogP contribution in [0.2, 0.25) is 5.02 Å². The van der Waals surface area contributed by atoms with Crippen molar-refractivity contribution in [2.75, 3.05) is 6.61 Å². The first-order valence-corrected chi connectivity index (χ1v) is 6.98. The molecule has 0 spiro atoms. The first-order valence-electron chi connectivity index (χ1n) is 6.60. The zero-order chi connectivity index (χ0) is 17.5. The second kappa shape index (κ2) is 8.02. The van der Waals surface area contributed by atoms with Crippen LogP contribution in [-0.2, 0) is 4.79 Å². The van der Waals surface area contributed by atoms with Gasteiger partial charge in [0.1, 0.15) is 16.6 Å². The van der Waals surface area contributed by atoms with Crippen LogP contribution in [0.5, 0.6) is 5.75 Å². The Bertz CT molecular complexity index is 781. The highest BCUT2D eigenvalue weighted by Gasteiger charge is 2.11. The van der Waals surface area contributed by atoms with Crippen molar-refractivity contribution in [2.45, 2.75) is 0 Å². The van der Waals surface area contributed by atoms with Gasteiger partial charge in [0.25, 0.3) is 11.6 Å². The minimum Gasteiger partial charge on any atom is -0.484 e. The molecule has 2 aromatic rings. The number of halogens is 2. The molecule has 2 rings (SSSR count). The van der Waals surface area contributed by atoms with Crippen LogP contribution in [0.3, 0.4) is 0 Å². The molecule has 0 saturated heterocycles. The molecule has 7 nitrogen and oxygen atoms in total. The molecular formula is C15H11ClFN3O4. The molecule has 0 aliphatic rings. The Morgan fingerprint density at radius 1 is 1.33 bits per heavy atom. The number of benzene rings is 2. The van der Waals surface area contributed by atoms with Crippen molar-refractivity contribution in [1.29, 1.82) is 0 Å². The molecule has 0 heterocycles. The van der Waals surface area contributed by atoms with Crippen molar-refractivity contribution in [3.63, 3.8) is 0 Å². The molecule has 0 radical (unpaired) electrons. The number of carbonyl (C=O) groups excluding carboxylic acids is 1. The fraction of sp³-hybridized carbons (Fsp3) is 0.0667. The van der Waals surface area contributed by atoms with Gasteiger partial charge >= 0.3 is 0 Å². The lowest BCUT2D eigenvalue weighted by Crippen LogP contribution is -2.24. The summed E-state index contributed by atoms with van der Waals surface area (Å²) in [5, 5.41) is 14.4. The number of amides is 1. The third-order valence-electron chi connectivity index (χ3n) is 2.75. The van der Waals surface area contributed by atoms with Crippen LogP contribution in [0, 0.1) is 15.9 Å². The summed E-state index contributed by atoms with van der Waals surface area (Å²) in [5.41, 5.74) is 2.34. The van der Waals surface area contributed by atoms with E-state index in [0.29, 0.717) is 11.3 Å². The summed E-state index contributed by atoms with van der Waals surface area (Å²) >= 11 is 5.69. The van der Waals surface area contributed by atoms with E-state index in [1.165, 1.54) is 48.7 Å². The van der Waals surface area contributed by atoms with Crippen molar-refractivity contribution in [1.82, 2.24) is 5.43 Å². The maximum atomic E-state index is 12.7. The van der Waals surface area contributed by atoms with Crippen LogP contribution in [-0.4, -0.2) is 23.7 Å². The number of nitrogens with one attached hydrogen (secondary N) is 1. The van der Waals surface area contributed by atoms with Gasteiger partial charge < -0.3 is 4.74 Å². The van der Waals surface area contributed by atoms with Crippen LogP contribution < -0.4 is 10.2 Å². The van der Waals surface area contributed by atoms with Crippen molar-refractivity contribution < 1.29 is 18.8 Å². The fourth-order valence-corrected chi connectivity index (χ4v) is 1.83. The zero-order valence-corrected chi connectivity index (χ0v) is 12.9. The maximum absolute atomic E-state index is 12.7. The molecule has 124 valence electrons. The Labute approximate surface area is 140 Å². The van der Waals surface area contributed by atoms with E-state index in [-0.39, 0.29) is 17.3 Å². The van der Waals surface area contributed by atoms with Gasteiger partial charge in [0, 0.05) is 11.6 Å². The Morgan fingerprint density at radius 3 is 2.71 bits per heavy atom. The normalized spacial score (nSPS) is 10.6. The Hall–Kier alpha value is -3.00. The highest BCUT2D eigenvalue weighted by molar-refractivity contribution is 6.32. The summed E-state index contributed by atoms with van der Waals surface area (Å²) in [4.78, 5) is 21.7. The summed E-state index contributed by atoms with van der Waals surface area (Å²) in [6, 6.07) is 9.29. The third kappa shape index (κ3) is 5.03. The van der Waals surface area contributed by atoms with E-state index < -0.39 is 16.6 Å². The highest BCUT2D eigenvalue weighted by atomic mass is 35.5. The summed E-state index contributed by atoms with van der Waals surface area (Å²) < 4.78 is 17.8. The highest BCUT2D eigenvalue weighted by Crippen LogP contribution is 2.24. The van der Waals surface area contributed by atoms with Crippen LogP contribution in [0.25, 0.3) is 0 Å². The zero-order valence-electron chi connectivity index (χ0n) is 12.1. The Kier molecular flexibility index (Phi) is 5.80. The van der Waals surface area contributed by atoms with Gasteiger partial charge in [-0.15, -0.1) is 0 Å². The predicted octanol–water partition coefficient (Wildman–Crippen LogP) is 2.92. The number of nitrogens with zero attached hydrogens (tertiary/aromatic N) is 2. The average Bonchev–Trinajstić information content (AvgIpc) is 2.55. The smallest absolute Gasteiger partial charge is 0.288 e. The quantitative estimate of drug-likeness (QED) is 0.492. The summed E-state index contributed by atoms with van der Waals surface area (Å²) in [6.07, 6.45) is 1.24. The molecule has 0 atom stereocenters. The molecule has 1 N–H and O–H groups in total. The van der Waals surface area contributed by atoms with Crippen LogP contribution >= 0.6 is 11.6 Å². The predicted molar refractivity (Wildman–Crippen MR) is 85.7 cm³/mol. The van der Waals surface area contributed by atoms with Gasteiger partial charge in [-0.25, -0.2) is 9.82 Å². The third-order valence-corrected chi connectivity index (χ3v) is 3.07. The van der Waals surface area contributed by atoms with Gasteiger partial charge in [-0.1, -0.05) is 17.7 Å². The SMILES string of the molecule is O=C(COc1ccc(F)cc1)N/N=C\c1ccc(Cl)c([N+](=O)[O-])c1. The van der Waals surface area contributed by atoms with Crippen molar-refractivity contribution in [2.24, 2.45) is 5.10 Å². The molecule has 0 aromatic heterocycles. The monoisotopic (exact) mass is 351 g/mol. The van der Waals surface area contributed by atoms with Crippen molar-refractivity contribution in [3.05, 3.63) is 69.0 Å². The molecule has 24 heavy (non-hydrogen) atoms. The first-order chi connectivity index (χ1) is 11.5. The van der Waals surface area contributed by atoms with Crippen molar-refractivity contribution >= 4 is 29.4 Å². The first kappa shape index (κ1) is 17.4. The average molecular weight is 352 g/mol. The number of ether oxygens (including phenoxy) is 1. The van der Waals surface area contributed by atoms with Gasteiger partial charge in [-0.2, -0.15) is 5.10 Å². The van der Waals surface area contributed by atoms with E-state index in [1.54, 1.807) is 0 Å². The molecule has 1 amide bonds. The van der Waals surface area contributed by atoms with E-state index in [2.05, 4.69) is 10.5 Å². The molecule has 0 fully saturated rings. The summed E-state index contributed by atoms with van der Waals surface area (Å²) in [6.45, 7) is -0.316. The number of nitro groups is 1. The molecule has 0 unspecified atom stereocenters. The standard InChI is InChI=1S/C15H11ClFN3O4/c16-13-6-1-10(7-14(13)20(22)23)8-18-19-15(21)9-24-12-4-2-11(17)3-5-12/h1-8H,9H2,(H,19,21)/b18-8-. The van der Waals surface area contributed by atoms with E-state index in [9.17, 15) is 19.3 Å². The number of rotatable bonds is 6. The number of nitro benzene ring substituents is 1. The van der Waals surface area contributed by atoms with E-state index in [4.69, 9.17) is 16.3 Å². The van der Waals surface area contributed by atoms with Gasteiger partial charge in [-0.3, -0.25) is 14.9 Å². The second-order valence-electron chi connectivity index (χ2n) is 4.50. The van der Waals surface area contributed by atoms with Crippen LogP contribution in [0.15, 0.2) is 47.6 Å². The minimum absolute atomic E-state index is 0.00823. The van der Waals surface area contributed by atoms with E-state index in [0.717, 1.165) is 0 Å². The number of hydrazone groups is 1. The molecule has 0 aliphatic heterocycles. The maximum Gasteiger partial charge on any atom is 0.288 e. The van der Waals surface area contributed by atoms with Gasteiger partial charge in [-0.05, 0) is 30.3 Å². The van der Waals surface area contributed by atoms with Gasteiger partial charge in [0.05, 0.1) is 11.1 Å². The van der Waals surface area contributed by atoms with Crippen LogP contribution in [0.4, 0.5) is 10.1 Å². The Morgan fingerprint density at radius 2 is 2.04 bits per heavy atom. The topological polar surface area (TPSA) is 93.8 Å². The molecular weight excluding hydrogens is 341 g/mol. The molecule has 0 aliphatic carbocycles. The van der Waals surface area contributed by atoms with Gasteiger partial charge in [0.15, 0.2) is 6.61 Å². The lowest BCUT2D eigenvalue weighted by molar-refractivity contribution is -0.384. The van der Waals surface area contributed by atoms with E-state index >= 15 is 0 Å².